The van der Waals surface area contributed by atoms with Gasteiger partial charge in [0.2, 0.25) is 5.78 Å². The normalized spacial score (nSPS) is 10.9. The van der Waals surface area contributed by atoms with Crippen molar-refractivity contribution in [3.63, 3.8) is 0 Å². The van der Waals surface area contributed by atoms with Crippen LogP contribution in [-0.2, 0) is 0 Å². The van der Waals surface area contributed by atoms with Gasteiger partial charge >= 0.3 is 0 Å². The van der Waals surface area contributed by atoms with Crippen LogP contribution in [0.2, 0.25) is 0 Å². The summed E-state index contributed by atoms with van der Waals surface area (Å²) in [5.41, 5.74) is 0.336. The quantitative estimate of drug-likeness (QED) is 0.819. The second kappa shape index (κ2) is 4.97. The molecule has 94 valence electrons. The number of pyridine rings is 1. The Hall–Kier alpha value is -1.56. The molecule has 0 aromatic carbocycles. The lowest BCUT2D eigenvalue weighted by Gasteiger charge is -2.10. The molecular weight excluding hydrogens is 301 g/mol. The molecule has 0 amide bonds. The average molecular weight is 312 g/mol. The zero-order chi connectivity index (χ0) is 13.3. The molecule has 0 bridgehead atoms. The van der Waals surface area contributed by atoms with Gasteiger partial charge in [0.1, 0.15) is 5.69 Å². The van der Waals surface area contributed by atoms with Crippen LogP contribution in [-0.4, -0.2) is 20.5 Å². The van der Waals surface area contributed by atoms with E-state index in [-0.39, 0.29) is 11.6 Å². The third-order valence-corrected chi connectivity index (χ3v) is 3.05. The fourth-order valence-electron chi connectivity index (χ4n) is 1.63. The van der Waals surface area contributed by atoms with Gasteiger partial charge in [0, 0.05) is 12.2 Å². The zero-order valence-electron chi connectivity index (χ0n) is 9.89. The summed E-state index contributed by atoms with van der Waals surface area (Å²) in [6, 6.07) is 1.38. The van der Waals surface area contributed by atoms with Gasteiger partial charge in [-0.2, -0.15) is 5.10 Å². The average Bonchev–Trinajstić information content (AvgIpc) is 2.71. The molecule has 0 saturated carbocycles. The lowest BCUT2D eigenvalue weighted by atomic mass is 10.1. The van der Waals surface area contributed by atoms with Crippen molar-refractivity contribution >= 4 is 21.7 Å². The van der Waals surface area contributed by atoms with Crippen molar-refractivity contribution in [1.29, 1.82) is 0 Å². The molecule has 0 aliphatic heterocycles. The minimum atomic E-state index is -0.633. The van der Waals surface area contributed by atoms with Gasteiger partial charge in [0.05, 0.1) is 22.4 Å². The van der Waals surface area contributed by atoms with E-state index in [0.717, 1.165) is 6.20 Å². The predicted molar refractivity (Wildman–Crippen MR) is 67.9 cm³/mol. The maximum absolute atomic E-state index is 13.6. The highest BCUT2D eigenvalue weighted by atomic mass is 79.9. The summed E-state index contributed by atoms with van der Waals surface area (Å²) >= 11 is 3.27. The Morgan fingerprint density at radius 3 is 2.78 bits per heavy atom. The van der Waals surface area contributed by atoms with Gasteiger partial charge in [0.15, 0.2) is 5.82 Å². The van der Waals surface area contributed by atoms with Crippen LogP contribution in [0.4, 0.5) is 4.39 Å². The Balaban J connectivity index is 2.53. The zero-order valence-corrected chi connectivity index (χ0v) is 11.5. The van der Waals surface area contributed by atoms with Gasteiger partial charge < -0.3 is 0 Å². The first kappa shape index (κ1) is 12.9. The summed E-state index contributed by atoms with van der Waals surface area (Å²) in [6.07, 6.45) is 3.95. The largest absolute Gasteiger partial charge is 0.287 e. The van der Waals surface area contributed by atoms with Crippen molar-refractivity contribution in [2.75, 3.05) is 0 Å². The van der Waals surface area contributed by atoms with E-state index in [1.807, 2.05) is 13.8 Å². The van der Waals surface area contributed by atoms with Crippen LogP contribution in [0.25, 0.3) is 0 Å². The molecule has 2 heterocycles. The molecule has 18 heavy (non-hydrogen) atoms. The predicted octanol–water partition coefficient (Wildman–Crippen LogP) is 2.99. The molecule has 0 N–H and O–H groups in total. The maximum Gasteiger partial charge on any atom is 0.215 e. The Kier molecular flexibility index (Phi) is 3.56. The molecule has 0 fully saturated rings. The molecule has 2 aromatic heterocycles. The SMILES string of the molecule is CC(C)n1ncc(Br)c1C(=O)c1ccncc1F. The van der Waals surface area contributed by atoms with Crippen molar-refractivity contribution in [3.05, 3.63) is 46.2 Å². The van der Waals surface area contributed by atoms with Crippen LogP contribution in [0.15, 0.2) is 29.1 Å². The second-order valence-corrected chi connectivity index (χ2v) is 4.92. The van der Waals surface area contributed by atoms with E-state index in [2.05, 4.69) is 26.0 Å². The molecule has 2 aromatic rings. The Morgan fingerprint density at radius 2 is 2.17 bits per heavy atom. The first-order valence-corrected chi connectivity index (χ1v) is 6.19. The van der Waals surface area contributed by atoms with E-state index >= 15 is 0 Å². The second-order valence-electron chi connectivity index (χ2n) is 4.06. The monoisotopic (exact) mass is 311 g/mol. The fraction of sp³-hybridized carbons (Fsp3) is 0.250. The minimum absolute atomic E-state index is 0.00639. The van der Waals surface area contributed by atoms with E-state index in [9.17, 15) is 9.18 Å². The Labute approximate surface area is 112 Å². The molecule has 0 unspecified atom stereocenters. The number of carbonyl (C=O) groups excluding carboxylic acids is 1. The summed E-state index contributed by atoms with van der Waals surface area (Å²) in [5.74, 6) is -1.04. The lowest BCUT2D eigenvalue weighted by Crippen LogP contribution is -2.15. The third kappa shape index (κ3) is 2.20. The summed E-state index contributed by atoms with van der Waals surface area (Å²) < 4.78 is 15.7. The molecule has 0 aliphatic carbocycles. The molecule has 4 nitrogen and oxygen atoms in total. The molecule has 2 rings (SSSR count). The highest BCUT2D eigenvalue weighted by Crippen LogP contribution is 2.23. The molecular formula is C12H11BrFN3O. The van der Waals surface area contributed by atoms with Crippen LogP contribution in [0, 0.1) is 5.82 Å². The van der Waals surface area contributed by atoms with E-state index in [4.69, 9.17) is 0 Å². The van der Waals surface area contributed by atoms with Crippen molar-refractivity contribution in [3.8, 4) is 0 Å². The molecule has 0 saturated heterocycles. The fourth-order valence-corrected chi connectivity index (χ4v) is 2.09. The van der Waals surface area contributed by atoms with Gasteiger partial charge in [-0.15, -0.1) is 0 Å². The molecule has 0 spiro atoms. The van der Waals surface area contributed by atoms with Crippen LogP contribution in [0.1, 0.15) is 35.9 Å². The number of halogens is 2. The van der Waals surface area contributed by atoms with Crippen LogP contribution in [0.3, 0.4) is 0 Å². The smallest absolute Gasteiger partial charge is 0.215 e. The summed E-state index contributed by atoms with van der Waals surface area (Å²) in [5, 5.41) is 4.10. The van der Waals surface area contributed by atoms with Crippen LogP contribution in [0.5, 0.6) is 0 Å². The first-order chi connectivity index (χ1) is 8.52. The minimum Gasteiger partial charge on any atom is -0.287 e. The van der Waals surface area contributed by atoms with Crippen LogP contribution < -0.4 is 0 Å². The van der Waals surface area contributed by atoms with Crippen molar-refractivity contribution in [2.45, 2.75) is 19.9 Å². The highest BCUT2D eigenvalue weighted by Gasteiger charge is 2.22. The number of nitrogens with zero attached hydrogens (tertiary/aromatic N) is 3. The van der Waals surface area contributed by atoms with Gasteiger partial charge in [-0.05, 0) is 35.8 Å². The number of hydrogen-bond donors (Lipinski definition) is 0. The van der Waals surface area contributed by atoms with Crippen molar-refractivity contribution < 1.29 is 9.18 Å². The van der Waals surface area contributed by atoms with Gasteiger partial charge in [-0.3, -0.25) is 14.5 Å². The van der Waals surface area contributed by atoms with Gasteiger partial charge in [0.25, 0.3) is 0 Å². The van der Waals surface area contributed by atoms with E-state index in [0.29, 0.717) is 10.2 Å². The molecule has 6 heteroatoms. The van der Waals surface area contributed by atoms with Crippen molar-refractivity contribution in [1.82, 2.24) is 14.8 Å². The van der Waals surface area contributed by atoms with Gasteiger partial charge in [-0.25, -0.2) is 4.39 Å². The number of hydrogen-bond acceptors (Lipinski definition) is 3. The number of ketones is 1. The summed E-state index contributed by atoms with van der Waals surface area (Å²) in [6.45, 7) is 3.80. The first-order valence-electron chi connectivity index (χ1n) is 5.39. The van der Waals surface area contributed by atoms with Gasteiger partial charge in [-0.1, -0.05) is 0 Å². The number of aromatic nitrogens is 3. The van der Waals surface area contributed by atoms with Crippen LogP contribution >= 0.6 is 15.9 Å². The maximum atomic E-state index is 13.6. The van der Waals surface area contributed by atoms with E-state index in [1.165, 1.54) is 18.5 Å². The molecule has 0 atom stereocenters. The Bertz CT molecular complexity index is 595. The lowest BCUT2D eigenvalue weighted by molar-refractivity contribution is 0.102. The standard InChI is InChI=1S/C12H11BrFN3O/c1-7(2)17-11(9(13)5-16-17)12(18)8-3-4-15-6-10(8)14/h3-7H,1-2H3. The summed E-state index contributed by atoms with van der Waals surface area (Å²) in [7, 11) is 0. The summed E-state index contributed by atoms with van der Waals surface area (Å²) in [4.78, 5) is 15.9. The number of rotatable bonds is 3. The molecule has 0 aliphatic rings. The Morgan fingerprint density at radius 1 is 1.44 bits per heavy atom. The third-order valence-electron chi connectivity index (χ3n) is 2.47. The van der Waals surface area contributed by atoms with Crippen molar-refractivity contribution in [2.24, 2.45) is 0 Å². The number of carbonyl (C=O) groups is 1. The molecule has 0 radical (unpaired) electrons. The van der Waals surface area contributed by atoms with E-state index in [1.54, 1.807) is 4.68 Å². The highest BCUT2D eigenvalue weighted by molar-refractivity contribution is 9.10. The van der Waals surface area contributed by atoms with E-state index < -0.39 is 11.6 Å². The topological polar surface area (TPSA) is 47.8 Å².